The van der Waals surface area contributed by atoms with Crippen LogP contribution in [0.4, 0.5) is 11.4 Å². The summed E-state index contributed by atoms with van der Waals surface area (Å²) in [5.74, 6) is -0.997. The molecule has 7 nitrogen and oxygen atoms in total. The van der Waals surface area contributed by atoms with Gasteiger partial charge in [-0.15, -0.1) is 0 Å². The van der Waals surface area contributed by atoms with E-state index in [-0.39, 0.29) is 11.3 Å². The number of aromatic carboxylic acids is 1. The molecular weight excluding hydrogens is 298 g/mol. The average molecular weight is 313 g/mol. The summed E-state index contributed by atoms with van der Waals surface area (Å²) in [5, 5.41) is 24.0. The highest BCUT2D eigenvalue weighted by molar-refractivity contribution is 5.99. The zero-order chi connectivity index (χ0) is 17.0. The van der Waals surface area contributed by atoms with Crippen molar-refractivity contribution in [2.45, 2.75) is 13.8 Å². The molecule has 0 heterocycles. The third-order valence-corrected chi connectivity index (χ3v) is 3.31. The molecule has 2 rings (SSSR count). The second-order valence-corrected chi connectivity index (χ2v) is 4.95. The minimum atomic E-state index is -0.997. The summed E-state index contributed by atoms with van der Waals surface area (Å²) in [7, 11) is 0. The number of nitrogens with one attached hydrogen (secondary N) is 1. The van der Waals surface area contributed by atoms with Crippen molar-refractivity contribution >= 4 is 23.1 Å². The van der Waals surface area contributed by atoms with Gasteiger partial charge in [0.05, 0.1) is 21.9 Å². The molecule has 0 radical (unpaired) electrons. The van der Waals surface area contributed by atoms with Gasteiger partial charge in [-0.2, -0.15) is 5.10 Å². The fourth-order valence-corrected chi connectivity index (χ4v) is 1.93. The number of carboxylic acids is 1. The van der Waals surface area contributed by atoms with Crippen LogP contribution in [-0.2, 0) is 0 Å². The number of nitrogens with zero attached hydrogens (tertiary/aromatic N) is 2. The Kier molecular flexibility index (Phi) is 4.70. The minimum Gasteiger partial charge on any atom is -0.478 e. The molecule has 0 aliphatic carbocycles. The molecule has 2 aromatic carbocycles. The zero-order valence-corrected chi connectivity index (χ0v) is 12.6. The van der Waals surface area contributed by atoms with Crippen LogP contribution in [0.5, 0.6) is 0 Å². The van der Waals surface area contributed by atoms with Crippen LogP contribution < -0.4 is 5.43 Å². The molecule has 0 saturated carbocycles. The third-order valence-electron chi connectivity index (χ3n) is 3.31. The van der Waals surface area contributed by atoms with Gasteiger partial charge >= 0.3 is 5.97 Å². The number of nitro benzene ring substituents is 1. The van der Waals surface area contributed by atoms with Gasteiger partial charge in [0.2, 0.25) is 0 Å². The number of benzene rings is 2. The maximum absolute atomic E-state index is 11.0. The topological polar surface area (TPSA) is 105 Å². The molecule has 0 fully saturated rings. The van der Waals surface area contributed by atoms with Crippen molar-refractivity contribution in [3.8, 4) is 0 Å². The molecule has 7 heteroatoms. The molecule has 0 aliphatic rings. The van der Waals surface area contributed by atoms with E-state index in [1.807, 2.05) is 0 Å². The standard InChI is InChI=1S/C16H15N3O4/c1-10-3-4-13(9-15(10)19(22)23)11(2)17-18-14-7-5-12(6-8-14)16(20)21/h3-9,18H,1-2H3,(H,20,21)/b17-11-. The van der Waals surface area contributed by atoms with Crippen LogP contribution in [-0.4, -0.2) is 21.7 Å². The van der Waals surface area contributed by atoms with Crippen molar-refractivity contribution in [3.63, 3.8) is 0 Å². The van der Waals surface area contributed by atoms with E-state index in [0.29, 0.717) is 22.5 Å². The minimum absolute atomic E-state index is 0.0443. The highest BCUT2D eigenvalue weighted by Crippen LogP contribution is 2.20. The number of hydrogen-bond acceptors (Lipinski definition) is 5. The summed E-state index contributed by atoms with van der Waals surface area (Å²) in [5.41, 5.74) is 5.45. The Bertz CT molecular complexity index is 782. The average Bonchev–Trinajstić information content (AvgIpc) is 2.53. The van der Waals surface area contributed by atoms with E-state index < -0.39 is 10.9 Å². The normalized spacial score (nSPS) is 11.1. The van der Waals surface area contributed by atoms with Crippen LogP contribution >= 0.6 is 0 Å². The summed E-state index contributed by atoms with van der Waals surface area (Å²) in [6, 6.07) is 11.0. The van der Waals surface area contributed by atoms with E-state index in [0.717, 1.165) is 0 Å². The van der Waals surface area contributed by atoms with Crippen LogP contribution in [0.1, 0.15) is 28.4 Å². The Balaban J connectivity index is 2.18. The predicted octanol–water partition coefficient (Wildman–Crippen LogP) is 3.44. The second kappa shape index (κ2) is 6.69. The van der Waals surface area contributed by atoms with Crippen LogP contribution in [0.25, 0.3) is 0 Å². The smallest absolute Gasteiger partial charge is 0.335 e. The SMILES string of the molecule is C/C(=N/Nc1ccc(C(=O)O)cc1)c1ccc(C)c([N+](=O)[O-])c1. The fourth-order valence-electron chi connectivity index (χ4n) is 1.93. The molecule has 0 amide bonds. The number of rotatable bonds is 5. The Labute approximate surface area is 132 Å². The van der Waals surface area contributed by atoms with Gasteiger partial charge in [0.25, 0.3) is 5.69 Å². The molecule has 0 saturated heterocycles. The van der Waals surface area contributed by atoms with Gasteiger partial charge in [-0.25, -0.2) is 4.79 Å². The van der Waals surface area contributed by atoms with Crippen LogP contribution in [0.15, 0.2) is 47.6 Å². The van der Waals surface area contributed by atoms with Gasteiger partial charge in [-0.3, -0.25) is 15.5 Å². The molecule has 0 spiro atoms. The van der Waals surface area contributed by atoms with Crippen molar-refractivity contribution in [1.29, 1.82) is 0 Å². The van der Waals surface area contributed by atoms with E-state index >= 15 is 0 Å². The van der Waals surface area contributed by atoms with Gasteiger partial charge in [0.1, 0.15) is 0 Å². The molecule has 2 aromatic rings. The number of anilines is 1. The Hall–Kier alpha value is -3.22. The Morgan fingerprint density at radius 3 is 2.35 bits per heavy atom. The van der Waals surface area contributed by atoms with Crippen LogP contribution in [0.2, 0.25) is 0 Å². The Morgan fingerprint density at radius 2 is 1.78 bits per heavy atom. The van der Waals surface area contributed by atoms with E-state index in [9.17, 15) is 14.9 Å². The lowest BCUT2D eigenvalue weighted by Gasteiger charge is -2.05. The van der Waals surface area contributed by atoms with E-state index in [2.05, 4.69) is 10.5 Å². The first-order valence-corrected chi connectivity index (χ1v) is 6.77. The lowest BCUT2D eigenvalue weighted by molar-refractivity contribution is -0.385. The van der Waals surface area contributed by atoms with E-state index in [4.69, 9.17) is 5.11 Å². The lowest BCUT2D eigenvalue weighted by atomic mass is 10.1. The first-order valence-electron chi connectivity index (χ1n) is 6.77. The molecule has 0 aromatic heterocycles. The second-order valence-electron chi connectivity index (χ2n) is 4.95. The highest BCUT2D eigenvalue weighted by Gasteiger charge is 2.12. The van der Waals surface area contributed by atoms with E-state index in [1.54, 1.807) is 38.1 Å². The number of carbonyl (C=O) groups is 1. The van der Waals surface area contributed by atoms with Gasteiger partial charge < -0.3 is 5.11 Å². The zero-order valence-electron chi connectivity index (χ0n) is 12.6. The molecule has 0 bridgehead atoms. The summed E-state index contributed by atoms with van der Waals surface area (Å²) in [6.45, 7) is 3.41. The number of carboxylic acid groups (broad SMARTS) is 1. The molecule has 23 heavy (non-hydrogen) atoms. The number of nitro groups is 1. The first kappa shape index (κ1) is 16.2. The summed E-state index contributed by atoms with van der Waals surface area (Å²) in [4.78, 5) is 21.3. The van der Waals surface area contributed by atoms with Crippen molar-refractivity contribution in [2.75, 3.05) is 5.43 Å². The van der Waals surface area contributed by atoms with Gasteiger partial charge in [0, 0.05) is 17.2 Å². The summed E-state index contributed by atoms with van der Waals surface area (Å²) in [6.07, 6.45) is 0. The van der Waals surface area contributed by atoms with Gasteiger partial charge in [-0.1, -0.05) is 12.1 Å². The quantitative estimate of drug-likeness (QED) is 0.500. The molecule has 118 valence electrons. The molecule has 0 aliphatic heterocycles. The largest absolute Gasteiger partial charge is 0.478 e. The van der Waals surface area contributed by atoms with Gasteiger partial charge in [0.15, 0.2) is 0 Å². The molecule has 0 atom stereocenters. The van der Waals surface area contributed by atoms with Crippen molar-refractivity contribution in [2.24, 2.45) is 5.10 Å². The van der Waals surface area contributed by atoms with Crippen molar-refractivity contribution < 1.29 is 14.8 Å². The monoisotopic (exact) mass is 313 g/mol. The predicted molar refractivity (Wildman–Crippen MR) is 87.1 cm³/mol. The molecule has 0 unspecified atom stereocenters. The fraction of sp³-hybridized carbons (Fsp3) is 0.125. The summed E-state index contributed by atoms with van der Waals surface area (Å²) >= 11 is 0. The first-order chi connectivity index (χ1) is 10.9. The maximum Gasteiger partial charge on any atom is 0.335 e. The molecular formula is C16H15N3O4. The van der Waals surface area contributed by atoms with Gasteiger partial charge in [-0.05, 0) is 38.1 Å². The highest BCUT2D eigenvalue weighted by atomic mass is 16.6. The maximum atomic E-state index is 11.0. The lowest BCUT2D eigenvalue weighted by Crippen LogP contribution is -2.02. The number of aryl methyl sites for hydroxylation is 1. The summed E-state index contributed by atoms with van der Waals surface area (Å²) < 4.78 is 0. The molecule has 2 N–H and O–H groups in total. The van der Waals surface area contributed by atoms with Crippen molar-refractivity contribution in [1.82, 2.24) is 0 Å². The van der Waals surface area contributed by atoms with Crippen LogP contribution in [0.3, 0.4) is 0 Å². The number of hydrogen-bond donors (Lipinski definition) is 2. The van der Waals surface area contributed by atoms with E-state index in [1.165, 1.54) is 18.2 Å². The third kappa shape index (κ3) is 3.91. The number of hydrazone groups is 1. The Morgan fingerprint density at radius 1 is 1.17 bits per heavy atom. The van der Waals surface area contributed by atoms with Crippen LogP contribution in [0, 0.1) is 17.0 Å². The van der Waals surface area contributed by atoms with Crippen molar-refractivity contribution in [3.05, 3.63) is 69.3 Å².